The van der Waals surface area contributed by atoms with Crippen molar-refractivity contribution >= 4 is 22.0 Å². The Labute approximate surface area is 111 Å². The lowest BCUT2D eigenvalue weighted by molar-refractivity contribution is -0.122. The number of amides is 2. The van der Waals surface area contributed by atoms with E-state index in [0.717, 1.165) is 10.0 Å². The summed E-state index contributed by atoms with van der Waals surface area (Å²) < 4.78 is 36.5. The largest absolute Gasteiger partial charge is 0.405 e. The molecule has 0 fully saturated rings. The van der Waals surface area contributed by atoms with Crippen molar-refractivity contribution in [2.75, 3.05) is 6.54 Å². The van der Waals surface area contributed by atoms with Crippen molar-refractivity contribution in [3.63, 3.8) is 0 Å². The molecular weight excluding hydrogens is 313 g/mol. The molecule has 2 N–H and O–H groups in total. The van der Waals surface area contributed by atoms with Crippen LogP contribution >= 0.6 is 15.9 Å². The van der Waals surface area contributed by atoms with Gasteiger partial charge in [-0.05, 0) is 24.6 Å². The molecule has 0 bridgehead atoms. The summed E-state index contributed by atoms with van der Waals surface area (Å²) in [6, 6.07) is 5.92. The van der Waals surface area contributed by atoms with E-state index < -0.39 is 18.8 Å². The lowest BCUT2D eigenvalue weighted by Crippen LogP contribution is -2.41. The molecule has 1 aromatic rings. The highest BCUT2D eigenvalue weighted by Crippen LogP contribution is 2.16. The van der Waals surface area contributed by atoms with Gasteiger partial charge in [-0.3, -0.25) is 0 Å². The fraction of sp³-hybridized carbons (Fsp3) is 0.364. The van der Waals surface area contributed by atoms with Crippen LogP contribution in [0.1, 0.15) is 18.5 Å². The third kappa shape index (κ3) is 5.39. The predicted octanol–water partition coefficient (Wildman–Crippen LogP) is 3.37. The molecule has 2 amide bonds. The molecule has 7 heteroatoms. The summed E-state index contributed by atoms with van der Waals surface area (Å²) in [6.07, 6.45) is -4.40. The Bertz CT molecular complexity index is 406. The monoisotopic (exact) mass is 324 g/mol. The second-order valence-electron chi connectivity index (χ2n) is 3.72. The number of nitrogens with one attached hydrogen (secondary N) is 2. The normalized spacial score (nSPS) is 12.9. The van der Waals surface area contributed by atoms with Crippen LogP contribution in [0.3, 0.4) is 0 Å². The van der Waals surface area contributed by atoms with Gasteiger partial charge in [0.25, 0.3) is 0 Å². The second-order valence-corrected chi connectivity index (χ2v) is 4.63. The number of halogens is 4. The molecule has 18 heavy (non-hydrogen) atoms. The van der Waals surface area contributed by atoms with Gasteiger partial charge in [-0.2, -0.15) is 13.2 Å². The molecule has 0 saturated carbocycles. The van der Waals surface area contributed by atoms with Gasteiger partial charge in [0, 0.05) is 4.47 Å². The topological polar surface area (TPSA) is 41.1 Å². The molecule has 0 aliphatic heterocycles. The number of alkyl halides is 3. The molecular formula is C11H12BrF3N2O. The van der Waals surface area contributed by atoms with Crippen LogP contribution in [-0.4, -0.2) is 18.8 Å². The molecule has 0 unspecified atom stereocenters. The summed E-state index contributed by atoms with van der Waals surface area (Å²) in [5.74, 6) is 0. The van der Waals surface area contributed by atoms with E-state index in [-0.39, 0.29) is 6.04 Å². The van der Waals surface area contributed by atoms with Gasteiger partial charge < -0.3 is 10.6 Å². The lowest BCUT2D eigenvalue weighted by atomic mass is 10.1. The number of urea groups is 1. The summed E-state index contributed by atoms with van der Waals surface area (Å²) in [5.41, 5.74) is 0.806. The van der Waals surface area contributed by atoms with Gasteiger partial charge in [-0.1, -0.05) is 28.1 Å². The van der Waals surface area contributed by atoms with Gasteiger partial charge in [0.15, 0.2) is 0 Å². The molecule has 0 radical (unpaired) electrons. The minimum atomic E-state index is -4.40. The van der Waals surface area contributed by atoms with Crippen LogP contribution in [-0.2, 0) is 0 Å². The van der Waals surface area contributed by atoms with E-state index >= 15 is 0 Å². The van der Waals surface area contributed by atoms with E-state index in [9.17, 15) is 18.0 Å². The van der Waals surface area contributed by atoms with Crippen LogP contribution in [0.2, 0.25) is 0 Å². The third-order valence-corrected chi connectivity index (χ3v) is 2.70. The van der Waals surface area contributed by atoms with E-state index in [1.54, 1.807) is 36.5 Å². The van der Waals surface area contributed by atoms with Crippen molar-refractivity contribution in [3.8, 4) is 0 Å². The summed E-state index contributed by atoms with van der Waals surface area (Å²) >= 11 is 3.27. The Morgan fingerprint density at radius 2 is 1.89 bits per heavy atom. The van der Waals surface area contributed by atoms with E-state index in [1.165, 1.54) is 0 Å². The van der Waals surface area contributed by atoms with Crippen LogP contribution in [0, 0.1) is 0 Å². The molecule has 0 aromatic heterocycles. The average molecular weight is 325 g/mol. The fourth-order valence-electron chi connectivity index (χ4n) is 1.26. The van der Waals surface area contributed by atoms with Crippen LogP contribution in [0.5, 0.6) is 0 Å². The molecule has 0 heterocycles. The van der Waals surface area contributed by atoms with Gasteiger partial charge in [-0.15, -0.1) is 0 Å². The summed E-state index contributed by atoms with van der Waals surface area (Å²) in [7, 11) is 0. The zero-order valence-electron chi connectivity index (χ0n) is 9.51. The van der Waals surface area contributed by atoms with Crippen molar-refractivity contribution in [2.45, 2.75) is 19.1 Å². The molecule has 1 aromatic carbocycles. The van der Waals surface area contributed by atoms with E-state index in [1.807, 2.05) is 0 Å². The number of carbonyl (C=O) groups is 1. The van der Waals surface area contributed by atoms with Crippen molar-refractivity contribution in [1.82, 2.24) is 10.6 Å². The Morgan fingerprint density at radius 1 is 1.33 bits per heavy atom. The Balaban J connectivity index is 2.47. The van der Waals surface area contributed by atoms with Crippen LogP contribution < -0.4 is 10.6 Å². The molecule has 100 valence electrons. The van der Waals surface area contributed by atoms with Gasteiger partial charge in [-0.25, -0.2) is 4.79 Å². The van der Waals surface area contributed by atoms with E-state index in [2.05, 4.69) is 21.2 Å². The molecule has 0 aliphatic carbocycles. The SMILES string of the molecule is C[C@H](NC(=O)NCC(F)(F)F)c1ccc(Br)cc1. The first-order chi connectivity index (χ1) is 8.28. The standard InChI is InChI=1S/C11H12BrF3N2O/c1-7(8-2-4-9(12)5-3-8)17-10(18)16-6-11(13,14)15/h2-5,7H,6H2,1H3,(H2,16,17,18)/t7-/m0/s1. The van der Waals surface area contributed by atoms with Crippen molar-refractivity contribution < 1.29 is 18.0 Å². The minimum Gasteiger partial charge on any atom is -0.332 e. The molecule has 0 spiro atoms. The third-order valence-electron chi connectivity index (χ3n) is 2.17. The summed E-state index contributed by atoms with van der Waals surface area (Å²) in [5, 5.41) is 4.17. The highest BCUT2D eigenvalue weighted by atomic mass is 79.9. The second kappa shape index (κ2) is 6.08. The number of hydrogen-bond acceptors (Lipinski definition) is 1. The highest BCUT2D eigenvalue weighted by molar-refractivity contribution is 9.10. The van der Waals surface area contributed by atoms with Crippen molar-refractivity contribution in [3.05, 3.63) is 34.3 Å². The molecule has 0 saturated heterocycles. The predicted molar refractivity (Wildman–Crippen MR) is 65.1 cm³/mol. The molecule has 1 rings (SSSR count). The van der Waals surface area contributed by atoms with E-state index in [4.69, 9.17) is 0 Å². The maximum Gasteiger partial charge on any atom is 0.405 e. The average Bonchev–Trinajstić information content (AvgIpc) is 2.26. The highest BCUT2D eigenvalue weighted by Gasteiger charge is 2.27. The van der Waals surface area contributed by atoms with E-state index in [0.29, 0.717) is 0 Å². The Kier molecular flexibility index (Phi) is 5.01. The maximum absolute atomic E-state index is 11.9. The number of rotatable bonds is 3. The lowest BCUT2D eigenvalue weighted by Gasteiger charge is -2.15. The van der Waals surface area contributed by atoms with Gasteiger partial charge in [0.1, 0.15) is 6.54 Å². The number of carbonyl (C=O) groups excluding carboxylic acids is 1. The Morgan fingerprint density at radius 3 is 2.39 bits per heavy atom. The summed E-state index contributed by atoms with van der Waals surface area (Å²) in [6.45, 7) is 0.350. The first-order valence-corrected chi connectivity index (χ1v) is 5.94. The van der Waals surface area contributed by atoms with Crippen molar-refractivity contribution in [2.24, 2.45) is 0 Å². The zero-order chi connectivity index (χ0) is 13.8. The molecule has 3 nitrogen and oxygen atoms in total. The minimum absolute atomic E-state index is 0.369. The van der Waals surface area contributed by atoms with Gasteiger partial charge >= 0.3 is 12.2 Å². The zero-order valence-corrected chi connectivity index (χ0v) is 11.1. The Hall–Kier alpha value is -1.24. The van der Waals surface area contributed by atoms with Crippen LogP contribution in [0.15, 0.2) is 28.7 Å². The van der Waals surface area contributed by atoms with Crippen LogP contribution in [0.25, 0.3) is 0 Å². The van der Waals surface area contributed by atoms with Gasteiger partial charge in [0.2, 0.25) is 0 Å². The first-order valence-electron chi connectivity index (χ1n) is 5.14. The molecule has 1 atom stereocenters. The molecule has 0 aliphatic rings. The maximum atomic E-state index is 11.9. The van der Waals surface area contributed by atoms with Crippen LogP contribution in [0.4, 0.5) is 18.0 Å². The number of hydrogen-bond donors (Lipinski definition) is 2. The summed E-state index contributed by atoms with van der Waals surface area (Å²) in [4.78, 5) is 11.2. The first kappa shape index (κ1) is 14.8. The van der Waals surface area contributed by atoms with Crippen molar-refractivity contribution in [1.29, 1.82) is 0 Å². The number of benzene rings is 1. The quantitative estimate of drug-likeness (QED) is 0.879. The smallest absolute Gasteiger partial charge is 0.332 e. The fourth-order valence-corrected chi connectivity index (χ4v) is 1.53. The van der Waals surface area contributed by atoms with Gasteiger partial charge in [0.05, 0.1) is 6.04 Å².